The number of hydrogen-bond donors (Lipinski definition) is 0. The second-order valence-electron chi connectivity index (χ2n) is 10.7. The molecule has 41 heavy (non-hydrogen) atoms. The third kappa shape index (κ3) is 6.03. The summed E-state index contributed by atoms with van der Waals surface area (Å²) in [5.41, 5.74) is 3.06. The molecule has 0 saturated heterocycles. The summed E-state index contributed by atoms with van der Waals surface area (Å²) in [6.07, 6.45) is 0.593. The SMILES string of the molecule is CCC(c1nc2ccccc2c(=O)n1-c1ccc(Br)cc1)N(CC(C)C)C(=O)C(c1ccccc1)c1ccccc1. The van der Waals surface area contributed by atoms with Crippen molar-refractivity contribution in [3.8, 4) is 5.69 Å². The van der Waals surface area contributed by atoms with Crippen molar-refractivity contribution >= 4 is 32.7 Å². The van der Waals surface area contributed by atoms with Crippen molar-refractivity contribution in [2.45, 2.75) is 39.2 Å². The van der Waals surface area contributed by atoms with Gasteiger partial charge in [0.05, 0.1) is 28.6 Å². The predicted molar refractivity (Wildman–Crippen MR) is 169 cm³/mol. The topological polar surface area (TPSA) is 55.2 Å². The van der Waals surface area contributed by atoms with E-state index in [1.54, 1.807) is 4.57 Å². The molecule has 0 fully saturated rings. The highest BCUT2D eigenvalue weighted by molar-refractivity contribution is 9.10. The van der Waals surface area contributed by atoms with Gasteiger partial charge in [-0.05, 0) is 59.9 Å². The molecule has 1 aromatic heterocycles. The number of nitrogens with zero attached hydrogens (tertiary/aromatic N) is 3. The number of fused-ring (bicyclic) bond motifs is 1. The normalized spacial score (nSPS) is 12.1. The van der Waals surface area contributed by atoms with Crippen molar-refractivity contribution < 1.29 is 4.79 Å². The maximum Gasteiger partial charge on any atom is 0.266 e. The highest BCUT2D eigenvalue weighted by Gasteiger charge is 2.34. The number of para-hydroxylation sites is 1. The Balaban J connectivity index is 1.72. The summed E-state index contributed by atoms with van der Waals surface area (Å²) in [7, 11) is 0. The van der Waals surface area contributed by atoms with Gasteiger partial charge in [0.2, 0.25) is 5.91 Å². The molecule has 0 bridgehead atoms. The Morgan fingerprint density at radius 3 is 1.95 bits per heavy atom. The molecule has 1 heterocycles. The minimum absolute atomic E-state index is 0.00675. The van der Waals surface area contributed by atoms with E-state index in [0.29, 0.717) is 35.4 Å². The zero-order chi connectivity index (χ0) is 28.9. The molecule has 0 aliphatic rings. The molecule has 0 radical (unpaired) electrons. The van der Waals surface area contributed by atoms with Gasteiger partial charge >= 0.3 is 0 Å². The Hall–Kier alpha value is -4.03. The summed E-state index contributed by atoms with van der Waals surface area (Å²) in [5, 5.41) is 0.544. The molecule has 5 rings (SSSR count). The number of carbonyl (C=O) groups is 1. The van der Waals surface area contributed by atoms with Crippen LogP contribution in [0.25, 0.3) is 16.6 Å². The maximum atomic E-state index is 14.8. The fraction of sp³-hybridized carbons (Fsp3) is 0.229. The monoisotopic (exact) mass is 607 g/mol. The van der Waals surface area contributed by atoms with E-state index in [4.69, 9.17) is 4.98 Å². The molecule has 0 aliphatic heterocycles. The Morgan fingerprint density at radius 1 is 0.829 bits per heavy atom. The van der Waals surface area contributed by atoms with Crippen LogP contribution in [0.1, 0.15) is 56.1 Å². The van der Waals surface area contributed by atoms with Gasteiger partial charge in [-0.15, -0.1) is 0 Å². The van der Waals surface area contributed by atoms with E-state index in [1.165, 1.54) is 0 Å². The number of rotatable bonds is 9. The minimum atomic E-state index is -0.487. The molecule has 0 spiro atoms. The molecule has 0 saturated carbocycles. The molecule has 5 nitrogen and oxygen atoms in total. The third-order valence-corrected chi connectivity index (χ3v) is 7.83. The number of benzene rings is 4. The predicted octanol–water partition coefficient (Wildman–Crippen LogP) is 7.92. The molecule has 1 unspecified atom stereocenters. The Morgan fingerprint density at radius 2 is 1.39 bits per heavy atom. The van der Waals surface area contributed by atoms with Crippen molar-refractivity contribution in [1.29, 1.82) is 0 Å². The molecular weight excluding hydrogens is 574 g/mol. The van der Waals surface area contributed by atoms with Crippen molar-refractivity contribution in [3.05, 3.63) is 141 Å². The van der Waals surface area contributed by atoms with Crippen LogP contribution in [0.2, 0.25) is 0 Å². The van der Waals surface area contributed by atoms with E-state index in [0.717, 1.165) is 15.6 Å². The summed E-state index contributed by atoms with van der Waals surface area (Å²) in [4.78, 5) is 35.9. The van der Waals surface area contributed by atoms with Crippen molar-refractivity contribution in [1.82, 2.24) is 14.5 Å². The third-order valence-electron chi connectivity index (χ3n) is 7.31. The van der Waals surface area contributed by atoms with Crippen LogP contribution in [-0.2, 0) is 4.79 Å². The van der Waals surface area contributed by atoms with E-state index < -0.39 is 12.0 Å². The summed E-state index contributed by atoms with van der Waals surface area (Å²) in [6.45, 7) is 6.81. The molecule has 4 aromatic carbocycles. The van der Waals surface area contributed by atoms with Crippen LogP contribution < -0.4 is 5.56 Å². The van der Waals surface area contributed by atoms with Crippen LogP contribution in [0, 0.1) is 5.92 Å². The number of carbonyl (C=O) groups excluding carboxylic acids is 1. The molecule has 1 atom stereocenters. The molecular formula is C35H34BrN3O2. The van der Waals surface area contributed by atoms with E-state index in [9.17, 15) is 9.59 Å². The number of amides is 1. The van der Waals surface area contributed by atoms with Crippen molar-refractivity contribution in [3.63, 3.8) is 0 Å². The summed E-state index contributed by atoms with van der Waals surface area (Å²) < 4.78 is 2.60. The first-order valence-electron chi connectivity index (χ1n) is 14.1. The summed E-state index contributed by atoms with van der Waals surface area (Å²) >= 11 is 3.51. The smallest absolute Gasteiger partial charge is 0.266 e. The number of aromatic nitrogens is 2. The zero-order valence-corrected chi connectivity index (χ0v) is 25.2. The van der Waals surface area contributed by atoms with Crippen LogP contribution in [0.3, 0.4) is 0 Å². The lowest BCUT2D eigenvalue weighted by Gasteiger charge is -2.36. The van der Waals surface area contributed by atoms with Gasteiger partial charge in [-0.2, -0.15) is 0 Å². The van der Waals surface area contributed by atoms with Crippen LogP contribution in [0.5, 0.6) is 0 Å². The summed E-state index contributed by atoms with van der Waals surface area (Å²) in [6, 6.07) is 34.5. The first-order valence-corrected chi connectivity index (χ1v) is 14.9. The van der Waals surface area contributed by atoms with E-state index >= 15 is 0 Å². The Bertz CT molecular complexity index is 1640. The van der Waals surface area contributed by atoms with Gasteiger partial charge in [0.25, 0.3) is 5.56 Å². The Labute approximate surface area is 249 Å². The van der Waals surface area contributed by atoms with Crippen molar-refractivity contribution in [2.75, 3.05) is 6.54 Å². The molecule has 1 amide bonds. The molecule has 0 N–H and O–H groups in total. The molecule has 208 valence electrons. The standard InChI is InChI=1S/C35H34BrN3O2/c1-4-31(33-37-30-18-12-11-17-29(30)34(40)39(33)28-21-19-27(36)20-22-28)38(23-24(2)3)35(41)32(25-13-7-5-8-14-25)26-15-9-6-10-16-26/h5-22,24,31-32H,4,23H2,1-3H3. The van der Waals surface area contributed by atoms with Gasteiger partial charge in [0, 0.05) is 11.0 Å². The maximum absolute atomic E-state index is 14.8. The van der Waals surface area contributed by atoms with E-state index in [2.05, 4.69) is 36.7 Å². The second-order valence-corrected chi connectivity index (χ2v) is 11.6. The Kier molecular flexibility index (Phi) is 8.79. The highest BCUT2D eigenvalue weighted by Crippen LogP contribution is 2.33. The van der Waals surface area contributed by atoms with E-state index in [1.807, 2.05) is 114 Å². The van der Waals surface area contributed by atoms with Crippen molar-refractivity contribution in [2.24, 2.45) is 5.92 Å². The van der Waals surface area contributed by atoms with Gasteiger partial charge in [0.15, 0.2) is 0 Å². The van der Waals surface area contributed by atoms with Crippen LogP contribution in [0.4, 0.5) is 0 Å². The number of hydrogen-bond acceptors (Lipinski definition) is 3. The average molecular weight is 609 g/mol. The summed E-state index contributed by atoms with van der Waals surface area (Å²) in [5.74, 6) is 0.270. The van der Waals surface area contributed by atoms with E-state index in [-0.39, 0.29) is 17.4 Å². The second kappa shape index (κ2) is 12.6. The van der Waals surface area contributed by atoms with Crippen LogP contribution in [0.15, 0.2) is 118 Å². The van der Waals surface area contributed by atoms with Gasteiger partial charge in [-0.25, -0.2) is 4.98 Å². The lowest BCUT2D eigenvalue weighted by atomic mass is 9.89. The zero-order valence-electron chi connectivity index (χ0n) is 23.6. The molecule has 6 heteroatoms. The minimum Gasteiger partial charge on any atom is -0.331 e. The molecule has 5 aromatic rings. The van der Waals surface area contributed by atoms with Gasteiger partial charge in [0.1, 0.15) is 5.82 Å². The molecule has 0 aliphatic carbocycles. The highest BCUT2D eigenvalue weighted by atomic mass is 79.9. The number of halogens is 1. The van der Waals surface area contributed by atoms with Gasteiger partial charge in [-0.1, -0.05) is 109 Å². The van der Waals surface area contributed by atoms with Crippen LogP contribution in [-0.4, -0.2) is 26.9 Å². The quantitative estimate of drug-likeness (QED) is 0.171. The fourth-order valence-electron chi connectivity index (χ4n) is 5.45. The first kappa shape index (κ1) is 28.5. The van der Waals surface area contributed by atoms with Gasteiger partial charge in [-0.3, -0.25) is 14.2 Å². The fourth-order valence-corrected chi connectivity index (χ4v) is 5.72. The lowest BCUT2D eigenvalue weighted by molar-refractivity contribution is -0.135. The largest absolute Gasteiger partial charge is 0.331 e. The lowest BCUT2D eigenvalue weighted by Crippen LogP contribution is -2.43. The average Bonchev–Trinajstić information content (AvgIpc) is 2.99. The van der Waals surface area contributed by atoms with Crippen LogP contribution >= 0.6 is 15.9 Å². The first-order chi connectivity index (χ1) is 19.9. The van der Waals surface area contributed by atoms with Gasteiger partial charge < -0.3 is 4.90 Å².